The molecule has 0 bridgehead atoms. The number of hydrogen-bond donors (Lipinski definition) is 0. The fourth-order valence-electron chi connectivity index (χ4n) is 2.51. The molecule has 1 saturated heterocycles. The molecule has 1 aliphatic rings. The van der Waals surface area contributed by atoms with E-state index in [2.05, 4.69) is 9.84 Å². The Labute approximate surface area is 131 Å². The van der Waals surface area contributed by atoms with Gasteiger partial charge < -0.3 is 14.4 Å². The van der Waals surface area contributed by atoms with Crippen LogP contribution >= 0.6 is 0 Å². The van der Waals surface area contributed by atoms with Gasteiger partial charge in [0, 0.05) is 25.5 Å². The molecule has 0 radical (unpaired) electrons. The third kappa shape index (κ3) is 2.96. The Bertz CT molecular complexity index is 685. The first-order chi connectivity index (χ1) is 11.1. The van der Waals surface area contributed by atoms with Crippen molar-refractivity contribution in [3.05, 3.63) is 42.2 Å². The van der Waals surface area contributed by atoms with E-state index < -0.39 is 6.61 Å². The molecule has 1 aliphatic heterocycles. The monoisotopic (exact) mass is 323 g/mol. The van der Waals surface area contributed by atoms with Gasteiger partial charge in [0.1, 0.15) is 0 Å². The minimum atomic E-state index is -3.04. The summed E-state index contributed by atoms with van der Waals surface area (Å²) in [5.41, 5.74) is 0.0589. The predicted octanol–water partition coefficient (Wildman–Crippen LogP) is 2.19. The molecule has 0 spiro atoms. The summed E-state index contributed by atoms with van der Waals surface area (Å²) in [6.07, 6.45) is 3.49. The van der Waals surface area contributed by atoms with E-state index in [0.29, 0.717) is 13.1 Å². The van der Waals surface area contributed by atoms with E-state index in [9.17, 15) is 13.6 Å². The number of aromatic nitrogens is 2. The number of methoxy groups -OCH3 is 1. The molecule has 0 atom stereocenters. The van der Waals surface area contributed by atoms with Crippen molar-refractivity contribution >= 4 is 5.91 Å². The van der Waals surface area contributed by atoms with Crippen LogP contribution in [0.25, 0.3) is 0 Å². The van der Waals surface area contributed by atoms with Crippen LogP contribution in [0.4, 0.5) is 8.78 Å². The van der Waals surface area contributed by atoms with Crippen LogP contribution in [0, 0.1) is 0 Å². The number of para-hydroxylation sites is 1. The van der Waals surface area contributed by atoms with Gasteiger partial charge in [-0.1, -0.05) is 6.07 Å². The molecule has 2 heterocycles. The zero-order valence-electron chi connectivity index (χ0n) is 12.4. The second-order valence-electron chi connectivity index (χ2n) is 5.07. The maximum atomic E-state index is 12.6. The molecular formula is C15H15F2N3O3. The average molecular weight is 323 g/mol. The van der Waals surface area contributed by atoms with Gasteiger partial charge in [0.2, 0.25) is 0 Å². The highest BCUT2D eigenvalue weighted by molar-refractivity contribution is 5.98. The van der Waals surface area contributed by atoms with Crippen LogP contribution in [0.3, 0.4) is 0 Å². The molecule has 1 amide bonds. The van der Waals surface area contributed by atoms with Crippen molar-refractivity contribution in [2.45, 2.75) is 12.7 Å². The van der Waals surface area contributed by atoms with Crippen molar-refractivity contribution in [1.29, 1.82) is 0 Å². The minimum absolute atomic E-state index is 0.0589. The highest BCUT2D eigenvalue weighted by Crippen LogP contribution is 2.34. The first-order valence-electron chi connectivity index (χ1n) is 7.00. The lowest BCUT2D eigenvalue weighted by Gasteiger charge is -2.39. The Morgan fingerprint density at radius 3 is 2.74 bits per heavy atom. The third-order valence-corrected chi connectivity index (χ3v) is 3.68. The van der Waals surface area contributed by atoms with Gasteiger partial charge in [0.15, 0.2) is 11.5 Å². The zero-order chi connectivity index (χ0) is 16.4. The number of alkyl halides is 2. The fourth-order valence-corrected chi connectivity index (χ4v) is 2.51. The Balaban J connectivity index is 1.78. The van der Waals surface area contributed by atoms with E-state index in [-0.39, 0.29) is 29.0 Å². The van der Waals surface area contributed by atoms with Crippen LogP contribution in [0.5, 0.6) is 11.5 Å². The number of amides is 1. The molecule has 0 aliphatic carbocycles. The smallest absolute Gasteiger partial charge is 0.387 e. The maximum Gasteiger partial charge on any atom is 0.387 e. The summed E-state index contributed by atoms with van der Waals surface area (Å²) in [6.45, 7) is -2.11. The largest absolute Gasteiger partial charge is 0.493 e. The molecule has 0 N–H and O–H groups in total. The Hall–Kier alpha value is -2.64. The number of halogens is 2. The van der Waals surface area contributed by atoms with Crippen LogP contribution in [0.2, 0.25) is 0 Å². The van der Waals surface area contributed by atoms with Gasteiger partial charge >= 0.3 is 6.61 Å². The van der Waals surface area contributed by atoms with Crippen LogP contribution in [0.1, 0.15) is 16.4 Å². The number of likely N-dealkylation sites (tertiary alicyclic amines) is 1. The molecule has 23 heavy (non-hydrogen) atoms. The summed E-state index contributed by atoms with van der Waals surface area (Å²) in [5, 5.41) is 4.12. The highest BCUT2D eigenvalue weighted by Gasteiger charge is 2.34. The van der Waals surface area contributed by atoms with Crippen molar-refractivity contribution in [1.82, 2.24) is 14.7 Å². The normalized spacial score (nSPS) is 14.7. The molecule has 2 aromatic rings. The quantitative estimate of drug-likeness (QED) is 0.846. The third-order valence-electron chi connectivity index (χ3n) is 3.68. The zero-order valence-corrected chi connectivity index (χ0v) is 12.4. The molecule has 1 aromatic carbocycles. The lowest BCUT2D eigenvalue weighted by Crippen LogP contribution is -2.50. The van der Waals surface area contributed by atoms with Gasteiger partial charge in [0.05, 0.1) is 18.7 Å². The van der Waals surface area contributed by atoms with E-state index in [1.54, 1.807) is 27.9 Å². The maximum absolute atomic E-state index is 12.6. The second-order valence-corrected chi connectivity index (χ2v) is 5.07. The lowest BCUT2D eigenvalue weighted by molar-refractivity contribution is -0.0517. The van der Waals surface area contributed by atoms with E-state index in [0.717, 1.165) is 0 Å². The van der Waals surface area contributed by atoms with Gasteiger partial charge in [-0.3, -0.25) is 9.48 Å². The summed E-state index contributed by atoms with van der Waals surface area (Å²) < 4.78 is 36.5. The topological polar surface area (TPSA) is 56.6 Å². The molecular weight excluding hydrogens is 308 g/mol. The molecule has 6 nitrogen and oxygen atoms in total. The molecule has 0 unspecified atom stereocenters. The highest BCUT2D eigenvalue weighted by atomic mass is 19.3. The van der Waals surface area contributed by atoms with Gasteiger partial charge in [0.25, 0.3) is 5.91 Å². The van der Waals surface area contributed by atoms with E-state index >= 15 is 0 Å². The van der Waals surface area contributed by atoms with Crippen LogP contribution in [-0.2, 0) is 0 Å². The molecule has 8 heteroatoms. The van der Waals surface area contributed by atoms with Crippen LogP contribution < -0.4 is 9.47 Å². The average Bonchev–Trinajstić information content (AvgIpc) is 2.99. The molecule has 122 valence electrons. The van der Waals surface area contributed by atoms with Gasteiger partial charge in [-0.2, -0.15) is 13.9 Å². The predicted molar refractivity (Wildman–Crippen MR) is 76.8 cm³/mol. The van der Waals surface area contributed by atoms with Gasteiger partial charge in [-0.15, -0.1) is 0 Å². The van der Waals surface area contributed by atoms with Crippen molar-refractivity contribution in [3.8, 4) is 11.5 Å². The van der Waals surface area contributed by atoms with E-state index in [1.165, 1.54) is 19.2 Å². The fraction of sp³-hybridized carbons (Fsp3) is 0.333. The number of nitrogens with zero attached hydrogens (tertiary/aromatic N) is 3. The Kier molecular flexibility index (Phi) is 4.14. The Morgan fingerprint density at radius 1 is 1.35 bits per heavy atom. The van der Waals surface area contributed by atoms with E-state index in [4.69, 9.17) is 4.74 Å². The second kappa shape index (κ2) is 6.23. The van der Waals surface area contributed by atoms with Crippen molar-refractivity contribution in [2.24, 2.45) is 0 Å². The number of carbonyl (C=O) groups is 1. The first-order valence-corrected chi connectivity index (χ1v) is 7.00. The summed E-state index contributed by atoms with van der Waals surface area (Å²) in [6, 6.07) is 6.39. The number of hydrogen-bond acceptors (Lipinski definition) is 4. The van der Waals surface area contributed by atoms with E-state index in [1.807, 2.05) is 6.20 Å². The van der Waals surface area contributed by atoms with Crippen LogP contribution in [-0.4, -0.2) is 47.4 Å². The summed E-state index contributed by atoms with van der Waals surface area (Å²) in [4.78, 5) is 14.1. The SMILES string of the molecule is COc1cccc(C(=O)N2CC(n3cccn3)C2)c1OC(F)F. The van der Waals surface area contributed by atoms with Crippen LogP contribution in [0.15, 0.2) is 36.7 Å². The summed E-state index contributed by atoms with van der Waals surface area (Å²) >= 11 is 0. The Morgan fingerprint density at radius 2 is 2.13 bits per heavy atom. The van der Waals surface area contributed by atoms with Gasteiger partial charge in [-0.25, -0.2) is 0 Å². The molecule has 1 aromatic heterocycles. The lowest BCUT2D eigenvalue weighted by atomic mass is 10.1. The molecule has 0 saturated carbocycles. The molecule has 3 rings (SSSR count). The standard InChI is InChI=1S/C15H15F2N3O3/c1-22-12-5-2-4-11(13(12)23-15(16)17)14(21)19-8-10(9-19)20-7-3-6-18-20/h2-7,10,15H,8-9H2,1H3. The number of carbonyl (C=O) groups excluding carboxylic acids is 1. The van der Waals surface area contributed by atoms with Crippen molar-refractivity contribution < 1.29 is 23.0 Å². The number of ether oxygens (including phenoxy) is 2. The molecule has 1 fully saturated rings. The van der Waals surface area contributed by atoms with Crippen molar-refractivity contribution in [3.63, 3.8) is 0 Å². The minimum Gasteiger partial charge on any atom is -0.493 e. The van der Waals surface area contributed by atoms with Crippen molar-refractivity contribution in [2.75, 3.05) is 20.2 Å². The first kappa shape index (κ1) is 15.3. The van der Waals surface area contributed by atoms with Gasteiger partial charge in [-0.05, 0) is 18.2 Å². The summed E-state index contributed by atoms with van der Waals surface area (Å²) in [7, 11) is 1.33. The number of rotatable bonds is 5. The summed E-state index contributed by atoms with van der Waals surface area (Å²) in [5.74, 6) is -0.513. The number of benzene rings is 1.